The number of benzene rings is 1. The molecule has 0 aliphatic rings. The molecule has 1 rings (SSSR count). The fourth-order valence-electron chi connectivity index (χ4n) is 1.08. The molecule has 0 atom stereocenters. The molecule has 0 aliphatic heterocycles. The molecule has 0 aliphatic carbocycles. The molecule has 0 spiro atoms. The molecule has 0 amide bonds. The first-order chi connectivity index (χ1) is 7.60. The van der Waals surface area contributed by atoms with E-state index in [2.05, 4.69) is 0 Å². The Labute approximate surface area is 101 Å². The van der Waals surface area contributed by atoms with Crippen LogP contribution in [-0.2, 0) is 10.1 Å². The third kappa shape index (κ3) is 3.83. The van der Waals surface area contributed by atoms with Crippen LogP contribution >= 0.6 is 0 Å². The predicted octanol–water partition coefficient (Wildman–Crippen LogP) is 1.66. The highest BCUT2D eigenvalue weighted by Gasteiger charge is 2.18. The van der Waals surface area contributed by atoms with Gasteiger partial charge < -0.3 is 5.21 Å². The van der Waals surface area contributed by atoms with Crippen molar-refractivity contribution in [1.82, 2.24) is 0 Å². The Morgan fingerprint density at radius 3 is 2.41 bits per heavy atom. The highest BCUT2D eigenvalue weighted by Crippen LogP contribution is 2.11. The van der Waals surface area contributed by atoms with Crippen molar-refractivity contribution < 1.29 is 17.7 Å². The molecule has 0 bridgehead atoms. The minimum Gasteiger partial charge on any atom is -0.623 e. The number of hydroxylamine groups is 1. The minimum absolute atomic E-state index is 0.228. The first-order valence-electron chi connectivity index (χ1n) is 4.99. The number of hydrogen-bond acceptors (Lipinski definition) is 3. The molecule has 6 heteroatoms. The molecule has 0 saturated heterocycles. The lowest BCUT2D eigenvalue weighted by molar-refractivity contribution is -0.530. The molecule has 0 heterocycles. The van der Waals surface area contributed by atoms with E-state index < -0.39 is 15.7 Å². The van der Waals surface area contributed by atoms with Crippen molar-refractivity contribution in [1.29, 1.82) is 0 Å². The second-order valence-corrected chi connectivity index (χ2v) is 6.09. The monoisotopic (exact) mass is 257 g/mol. The molecule has 1 aromatic carbocycles. The van der Waals surface area contributed by atoms with Gasteiger partial charge in [0.05, 0.1) is 4.90 Å². The van der Waals surface area contributed by atoms with Gasteiger partial charge in [0.15, 0.2) is 11.8 Å². The molecular formula is C11H15NO4S. The van der Waals surface area contributed by atoms with Gasteiger partial charge in [-0.05, 0) is 18.2 Å². The van der Waals surface area contributed by atoms with Gasteiger partial charge in [0.2, 0.25) is 0 Å². The van der Waals surface area contributed by atoms with Crippen LogP contribution in [0.5, 0.6) is 0 Å². The van der Waals surface area contributed by atoms with Crippen LogP contribution in [0, 0.1) is 5.21 Å². The fraction of sp³-hybridized carbons (Fsp3) is 0.364. The molecule has 17 heavy (non-hydrogen) atoms. The second kappa shape index (κ2) is 4.46. The third-order valence-corrected chi connectivity index (χ3v) is 2.93. The maximum atomic E-state index is 11.6. The van der Waals surface area contributed by atoms with Crippen molar-refractivity contribution in [2.45, 2.75) is 31.2 Å². The van der Waals surface area contributed by atoms with Crippen LogP contribution in [-0.4, -0.2) is 29.5 Å². The SMILES string of the molecule is CC(C)(C)[N+]([O-])=Cc1cccc(S(=O)(=O)O)c1. The topological polar surface area (TPSA) is 80.4 Å². The summed E-state index contributed by atoms with van der Waals surface area (Å²) >= 11 is 0. The Hall–Kier alpha value is -1.40. The van der Waals surface area contributed by atoms with Crippen molar-refractivity contribution in [3.05, 3.63) is 35.0 Å². The highest BCUT2D eigenvalue weighted by molar-refractivity contribution is 7.85. The summed E-state index contributed by atoms with van der Waals surface area (Å²) in [5.41, 5.74) is -0.182. The summed E-state index contributed by atoms with van der Waals surface area (Å²) in [7, 11) is -4.24. The molecule has 0 unspecified atom stereocenters. The Kier molecular flexibility index (Phi) is 3.59. The summed E-state index contributed by atoms with van der Waals surface area (Å²) in [6, 6.07) is 5.56. The Bertz CT molecular complexity index is 541. The summed E-state index contributed by atoms with van der Waals surface area (Å²) in [6.07, 6.45) is 1.29. The summed E-state index contributed by atoms with van der Waals surface area (Å²) in [5.74, 6) is 0. The zero-order valence-electron chi connectivity index (χ0n) is 9.91. The minimum atomic E-state index is -4.24. The average Bonchev–Trinajstić information content (AvgIpc) is 2.15. The summed E-state index contributed by atoms with van der Waals surface area (Å²) in [5, 5.41) is 11.6. The lowest BCUT2D eigenvalue weighted by Crippen LogP contribution is -2.29. The summed E-state index contributed by atoms with van der Waals surface area (Å²) in [6.45, 7) is 5.22. The van der Waals surface area contributed by atoms with Crippen LogP contribution in [0.25, 0.3) is 0 Å². The van der Waals surface area contributed by atoms with Gasteiger partial charge in [0, 0.05) is 26.3 Å². The Balaban J connectivity index is 3.19. The van der Waals surface area contributed by atoms with Crippen LogP contribution < -0.4 is 0 Å². The molecule has 5 nitrogen and oxygen atoms in total. The van der Waals surface area contributed by atoms with E-state index in [1.165, 1.54) is 24.4 Å². The molecular weight excluding hydrogens is 242 g/mol. The summed E-state index contributed by atoms with van der Waals surface area (Å²) < 4.78 is 31.4. The fourth-order valence-corrected chi connectivity index (χ4v) is 1.62. The van der Waals surface area contributed by atoms with Gasteiger partial charge in [-0.25, -0.2) is 4.74 Å². The predicted molar refractivity (Wildman–Crippen MR) is 64.8 cm³/mol. The van der Waals surface area contributed by atoms with Crippen LogP contribution in [0.1, 0.15) is 26.3 Å². The molecule has 0 radical (unpaired) electrons. The van der Waals surface area contributed by atoms with Crippen molar-refractivity contribution >= 4 is 16.3 Å². The van der Waals surface area contributed by atoms with Crippen LogP contribution in [0.15, 0.2) is 29.2 Å². The second-order valence-electron chi connectivity index (χ2n) is 4.67. The zero-order valence-corrected chi connectivity index (χ0v) is 10.7. The van der Waals surface area contributed by atoms with Gasteiger partial charge in [-0.15, -0.1) is 0 Å². The first kappa shape index (κ1) is 13.7. The number of nitrogens with zero attached hydrogens (tertiary/aromatic N) is 1. The molecule has 0 aromatic heterocycles. The Morgan fingerprint density at radius 2 is 1.94 bits per heavy atom. The first-order valence-corrected chi connectivity index (χ1v) is 6.43. The average molecular weight is 257 g/mol. The lowest BCUT2D eigenvalue weighted by Gasteiger charge is -2.18. The maximum Gasteiger partial charge on any atom is 0.294 e. The van der Waals surface area contributed by atoms with Crippen molar-refractivity contribution in [3.8, 4) is 0 Å². The van der Waals surface area contributed by atoms with E-state index in [9.17, 15) is 13.6 Å². The van der Waals surface area contributed by atoms with E-state index in [0.29, 0.717) is 5.56 Å². The molecule has 0 saturated carbocycles. The van der Waals surface area contributed by atoms with E-state index in [0.717, 1.165) is 4.74 Å². The van der Waals surface area contributed by atoms with Gasteiger partial charge in [-0.3, -0.25) is 4.55 Å². The van der Waals surface area contributed by atoms with Crippen molar-refractivity contribution in [3.63, 3.8) is 0 Å². The molecule has 1 aromatic rings. The largest absolute Gasteiger partial charge is 0.623 e. The van der Waals surface area contributed by atoms with E-state index >= 15 is 0 Å². The van der Waals surface area contributed by atoms with Crippen LogP contribution in [0.2, 0.25) is 0 Å². The lowest BCUT2D eigenvalue weighted by atomic mass is 10.1. The van der Waals surface area contributed by atoms with Gasteiger partial charge >= 0.3 is 0 Å². The van der Waals surface area contributed by atoms with Gasteiger partial charge in [0.1, 0.15) is 0 Å². The van der Waals surface area contributed by atoms with Gasteiger partial charge in [-0.1, -0.05) is 6.07 Å². The molecule has 94 valence electrons. The smallest absolute Gasteiger partial charge is 0.294 e. The van der Waals surface area contributed by atoms with E-state index in [1.807, 2.05) is 0 Å². The molecule has 0 fully saturated rings. The van der Waals surface area contributed by atoms with Crippen LogP contribution in [0.4, 0.5) is 0 Å². The number of hydrogen-bond donors (Lipinski definition) is 1. The summed E-state index contributed by atoms with van der Waals surface area (Å²) in [4.78, 5) is -0.228. The quantitative estimate of drug-likeness (QED) is 0.287. The van der Waals surface area contributed by atoms with E-state index in [-0.39, 0.29) is 4.90 Å². The Morgan fingerprint density at radius 1 is 1.35 bits per heavy atom. The maximum absolute atomic E-state index is 11.6. The zero-order chi connectivity index (χ0) is 13.3. The van der Waals surface area contributed by atoms with Gasteiger partial charge in [-0.2, -0.15) is 8.42 Å². The standard InChI is InChI=1S/C11H15NO4S/c1-11(2,3)12(13)8-9-5-4-6-10(7-9)17(14,15)16/h4-8H,1-3H3,(H,14,15,16). The van der Waals surface area contributed by atoms with E-state index in [4.69, 9.17) is 4.55 Å². The molecule has 1 N–H and O–H groups in total. The van der Waals surface area contributed by atoms with Gasteiger partial charge in [0.25, 0.3) is 10.1 Å². The number of rotatable bonds is 2. The van der Waals surface area contributed by atoms with Crippen molar-refractivity contribution in [2.75, 3.05) is 0 Å². The third-order valence-electron chi connectivity index (χ3n) is 2.08. The normalized spacial score (nSPS) is 13.8. The highest BCUT2D eigenvalue weighted by atomic mass is 32.2. The van der Waals surface area contributed by atoms with Crippen molar-refractivity contribution in [2.24, 2.45) is 0 Å². The van der Waals surface area contributed by atoms with Crippen LogP contribution in [0.3, 0.4) is 0 Å². The van der Waals surface area contributed by atoms with E-state index in [1.54, 1.807) is 26.8 Å².